The van der Waals surface area contributed by atoms with Crippen molar-refractivity contribution in [3.05, 3.63) is 71.3 Å². The predicted octanol–water partition coefficient (Wildman–Crippen LogP) is 2.41. The molecule has 0 spiro atoms. The van der Waals surface area contributed by atoms with E-state index in [1.54, 1.807) is 30.6 Å². The van der Waals surface area contributed by atoms with Crippen LogP contribution in [0.5, 0.6) is 23.3 Å². The zero-order valence-electron chi connectivity index (χ0n) is 23.6. The maximum absolute atomic E-state index is 14.5. The average Bonchev–Trinajstić information content (AvgIpc) is 2.99. The second-order valence-corrected chi connectivity index (χ2v) is 10.3. The summed E-state index contributed by atoms with van der Waals surface area (Å²) in [6.07, 6.45) is 4.24. The standard InChI is InChI=1S/C30H34FN5O6/c1-39-26-5-3-19-4-6-28(37)32-13-20-9-22(31)12-23(10-20)42-25-7-8-36(16-21-14-33-30(40-2)34-15-21)17-24(25)35-29(38)18-41-27(26)11-19/h3,5,9-12,14-15,24-25H,4,6-8,13,16-18H2,1-2H3,(H,32,37)(H,35,38)/t24-,25-/m1/s1. The molecule has 1 aromatic heterocycles. The molecular weight excluding hydrogens is 545 g/mol. The number of nitrogens with one attached hydrogen (secondary N) is 2. The van der Waals surface area contributed by atoms with Gasteiger partial charge in [0.1, 0.15) is 17.7 Å². The van der Waals surface area contributed by atoms with E-state index in [-0.39, 0.29) is 37.4 Å². The van der Waals surface area contributed by atoms with Gasteiger partial charge in [-0.1, -0.05) is 6.07 Å². The van der Waals surface area contributed by atoms with E-state index in [1.165, 1.54) is 26.4 Å². The largest absolute Gasteiger partial charge is 0.493 e. The van der Waals surface area contributed by atoms with Crippen LogP contribution in [0, 0.1) is 5.82 Å². The molecule has 0 radical (unpaired) electrons. The maximum Gasteiger partial charge on any atom is 0.316 e. The van der Waals surface area contributed by atoms with Gasteiger partial charge in [0.05, 0.1) is 20.3 Å². The molecule has 0 aliphatic carbocycles. The third-order valence-corrected chi connectivity index (χ3v) is 7.19. The lowest BCUT2D eigenvalue weighted by Gasteiger charge is -2.38. The van der Waals surface area contributed by atoms with Gasteiger partial charge in [-0.3, -0.25) is 14.5 Å². The number of hydrogen-bond donors (Lipinski definition) is 2. The molecule has 2 aliphatic heterocycles. The number of halogens is 1. The Balaban J connectivity index is 1.38. The summed E-state index contributed by atoms with van der Waals surface area (Å²) in [7, 11) is 3.04. The Bertz CT molecular complexity index is 1410. The van der Waals surface area contributed by atoms with Gasteiger partial charge in [0.15, 0.2) is 18.1 Å². The van der Waals surface area contributed by atoms with Crippen LogP contribution in [0.2, 0.25) is 0 Å². The number of carbonyl (C=O) groups excluding carboxylic acids is 2. The molecule has 42 heavy (non-hydrogen) atoms. The van der Waals surface area contributed by atoms with Crippen LogP contribution in [-0.2, 0) is 29.1 Å². The van der Waals surface area contributed by atoms with E-state index in [0.717, 1.165) is 11.1 Å². The molecule has 1 saturated heterocycles. The van der Waals surface area contributed by atoms with Crippen LogP contribution >= 0.6 is 0 Å². The highest BCUT2D eigenvalue weighted by molar-refractivity contribution is 5.78. The summed E-state index contributed by atoms with van der Waals surface area (Å²) in [5.74, 6) is 0.249. The van der Waals surface area contributed by atoms with Gasteiger partial charge >= 0.3 is 6.01 Å². The van der Waals surface area contributed by atoms with Gasteiger partial charge in [-0.15, -0.1) is 0 Å². The maximum atomic E-state index is 14.5. The number of nitrogens with zero attached hydrogens (tertiary/aromatic N) is 3. The minimum atomic E-state index is -0.470. The summed E-state index contributed by atoms with van der Waals surface area (Å²) in [6.45, 7) is 1.61. The molecule has 1 fully saturated rings. The summed E-state index contributed by atoms with van der Waals surface area (Å²) >= 11 is 0. The number of piperidine rings is 1. The molecule has 5 rings (SSSR count). The molecule has 0 unspecified atom stereocenters. The Labute approximate surface area is 243 Å². The quantitative estimate of drug-likeness (QED) is 0.480. The van der Waals surface area contributed by atoms with Gasteiger partial charge in [0.2, 0.25) is 5.91 Å². The van der Waals surface area contributed by atoms with Crippen molar-refractivity contribution < 1.29 is 32.9 Å². The average molecular weight is 580 g/mol. The summed E-state index contributed by atoms with van der Waals surface area (Å²) in [5, 5.41) is 5.91. The third-order valence-electron chi connectivity index (χ3n) is 7.19. The molecule has 3 aromatic rings. The van der Waals surface area contributed by atoms with E-state index in [2.05, 4.69) is 25.5 Å². The third kappa shape index (κ3) is 7.64. The minimum Gasteiger partial charge on any atom is -0.493 e. The van der Waals surface area contributed by atoms with Gasteiger partial charge < -0.3 is 29.6 Å². The first-order valence-corrected chi connectivity index (χ1v) is 13.8. The van der Waals surface area contributed by atoms with Gasteiger partial charge in [0.25, 0.3) is 5.91 Å². The Morgan fingerprint density at radius 2 is 1.86 bits per heavy atom. The first-order valence-electron chi connectivity index (χ1n) is 13.8. The molecule has 2 aromatic carbocycles. The highest BCUT2D eigenvalue weighted by Crippen LogP contribution is 2.29. The van der Waals surface area contributed by atoms with E-state index in [9.17, 15) is 14.0 Å². The Kier molecular flexibility index (Phi) is 9.32. The molecule has 2 atom stereocenters. The smallest absolute Gasteiger partial charge is 0.316 e. The van der Waals surface area contributed by atoms with Crippen molar-refractivity contribution in [1.29, 1.82) is 0 Å². The van der Waals surface area contributed by atoms with Crippen LogP contribution in [0.25, 0.3) is 0 Å². The lowest BCUT2D eigenvalue weighted by Crippen LogP contribution is -2.57. The molecule has 222 valence electrons. The zero-order chi connectivity index (χ0) is 29.5. The summed E-state index contributed by atoms with van der Waals surface area (Å²) in [6, 6.07) is 9.63. The molecule has 4 bridgehead atoms. The fraction of sp³-hybridized carbons (Fsp3) is 0.400. The van der Waals surface area contributed by atoms with E-state index < -0.39 is 18.0 Å². The molecule has 11 nitrogen and oxygen atoms in total. The van der Waals surface area contributed by atoms with Crippen LogP contribution in [0.15, 0.2) is 48.8 Å². The summed E-state index contributed by atoms with van der Waals surface area (Å²) in [4.78, 5) is 36.2. The monoisotopic (exact) mass is 579 g/mol. The molecule has 2 aliphatic rings. The van der Waals surface area contributed by atoms with Gasteiger partial charge in [-0.25, -0.2) is 14.4 Å². The van der Waals surface area contributed by atoms with E-state index in [0.29, 0.717) is 55.3 Å². The first-order chi connectivity index (χ1) is 20.4. The van der Waals surface area contributed by atoms with Gasteiger partial charge in [-0.05, 0) is 48.2 Å². The number of ether oxygens (including phenoxy) is 4. The number of benzene rings is 2. The number of rotatable bonds is 4. The van der Waals surface area contributed by atoms with E-state index in [1.807, 2.05) is 6.07 Å². The van der Waals surface area contributed by atoms with Crippen molar-refractivity contribution in [2.45, 2.75) is 44.5 Å². The van der Waals surface area contributed by atoms with Gasteiger partial charge in [-0.2, -0.15) is 0 Å². The summed E-state index contributed by atoms with van der Waals surface area (Å²) < 4.78 is 37.1. The van der Waals surface area contributed by atoms with Crippen molar-refractivity contribution in [3.63, 3.8) is 0 Å². The Hall–Kier alpha value is -4.45. The van der Waals surface area contributed by atoms with E-state index in [4.69, 9.17) is 18.9 Å². The lowest BCUT2D eigenvalue weighted by molar-refractivity contribution is -0.125. The van der Waals surface area contributed by atoms with E-state index >= 15 is 0 Å². The fourth-order valence-electron chi connectivity index (χ4n) is 5.10. The highest BCUT2D eigenvalue weighted by atomic mass is 19.1. The van der Waals surface area contributed by atoms with Gasteiger partial charge in [0, 0.05) is 56.6 Å². The molecule has 0 saturated carbocycles. The molecule has 12 heteroatoms. The summed E-state index contributed by atoms with van der Waals surface area (Å²) in [5.41, 5.74) is 2.33. The number of aromatic nitrogens is 2. The van der Waals surface area contributed by atoms with Crippen molar-refractivity contribution in [3.8, 4) is 23.3 Å². The Morgan fingerprint density at radius 1 is 1.02 bits per heavy atom. The number of aryl methyl sites for hydroxylation is 1. The van der Waals surface area contributed by atoms with Crippen molar-refractivity contribution >= 4 is 11.8 Å². The Morgan fingerprint density at radius 3 is 2.64 bits per heavy atom. The second-order valence-electron chi connectivity index (χ2n) is 10.3. The fourth-order valence-corrected chi connectivity index (χ4v) is 5.10. The molecular formula is C30H34FN5O6. The topological polar surface area (TPSA) is 124 Å². The SMILES string of the molecule is COc1ncc(CN2CC[C@H]3Oc4cc(F)cc(c4)CNC(=O)CCc4ccc(OC)c(c4)OCC(=O)N[C@@H]3C2)cn1. The van der Waals surface area contributed by atoms with Crippen molar-refractivity contribution in [2.24, 2.45) is 0 Å². The second kappa shape index (κ2) is 13.5. The minimum absolute atomic E-state index is 0.159. The number of carbonyl (C=O) groups is 2. The number of hydrogen-bond acceptors (Lipinski definition) is 9. The van der Waals surface area contributed by atoms with Crippen LogP contribution < -0.4 is 29.6 Å². The number of amides is 2. The molecule has 2 amide bonds. The van der Waals surface area contributed by atoms with Crippen molar-refractivity contribution in [2.75, 3.05) is 33.9 Å². The van der Waals surface area contributed by atoms with Crippen molar-refractivity contribution in [1.82, 2.24) is 25.5 Å². The zero-order valence-corrected chi connectivity index (χ0v) is 23.6. The highest BCUT2D eigenvalue weighted by Gasteiger charge is 2.32. The normalized spacial score (nSPS) is 20.0. The first kappa shape index (κ1) is 29.1. The van der Waals surface area contributed by atoms with Crippen LogP contribution in [0.3, 0.4) is 0 Å². The molecule has 2 N–H and O–H groups in total. The van der Waals surface area contributed by atoms with Crippen LogP contribution in [0.1, 0.15) is 29.5 Å². The number of fused-ring (bicyclic) bond motifs is 5. The van der Waals surface area contributed by atoms with Crippen LogP contribution in [0.4, 0.5) is 4.39 Å². The lowest BCUT2D eigenvalue weighted by atomic mass is 10.0. The molecule has 3 heterocycles. The van der Waals surface area contributed by atoms with Crippen LogP contribution in [-0.4, -0.2) is 72.7 Å². The predicted molar refractivity (Wildman–Crippen MR) is 150 cm³/mol. The number of likely N-dealkylation sites (tertiary alicyclic amines) is 1. The number of methoxy groups -OCH3 is 2.